The number of aromatic nitrogens is 1. The largest absolute Gasteiger partial charge is 0.493 e. The molecule has 2 heterocycles. The average Bonchev–Trinajstić information content (AvgIpc) is 3.40. The first-order valence-corrected chi connectivity index (χ1v) is 13.9. The number of amides is 1. The van der Waals surface area contributed by atoms with Gasteiger partial charge in [-0.2, -0.15) is 4.31 Å². The highest BCUT2D eigenvalue weighted by Gasteiger charge is 2.28. The second-order valence-corrected chi connectivity index (χ2v) is 11.1. The minimum atomic E-state index is -3.85. The molecule has 0 saturated carbocycles. The number of rotatable bonds is 9. The number of methoxy groups -OCH3 is 2. The molecule has 4 rings (SSSR count). The summed E-state index contributed by atoms with van der Waals surface area (Å²) in [6.07, 6.45) is 0. The van der Waals surface area contributed by atoms with Gasteiger partial charge in [0.15, 0.2) is 23.2 Å². The Kier molecular flexibility index (Phi) is 8.84. The van der Waals surface area contributed by atoms with Crippen molar-refractivity contribution in [3.05, 3.63) is 52.4 Å². The predicted molar refractivity (Wildman–Crippen MR) is 141 cm³/mol. The molecule has 2 aromatic carbocycles. The zero-order valence-electron chi connectivity index (χ0n) is 20.4. The van der Waals surface area contributed by atoms with Crippen molar-refractivity contribution in [3.63, 3.8) is 0 Å². The summed E-state index contributed by atoms with van der Waals surface area (Å²) in [6.45, 7) is 0.350. The lowest BCUT2D eigenvalue weighted by molar-refractivity contribution is -0.119. The number of benzene rings is 2. The molecule has 1 aromatic heterocycles. The number of ether oxygens (including phenoxy) is 4. The zero-order valence-corrected chi connectivity index (χ0v) is 22.8. The lowest BCUT2D eigenvalue weighted by Crippen LogP contribution is -2.40. The lowest BCUT2D eigenvalue weighted by Gasteiger charge is -2.26. The maximum Gasteiger partial charge on any atom is 0.340 e. The summed E-state index contributed by atoms with van der Waals surface area (Å²) in [5.41, 5.74) is 1.19. The minimum absolute atomic E-state index is 0.00387. The van der Waals surface area contributed by atoms with Crippen LogP contribution in [0.3, 0.4) is 0 Å². The lowest BCUT2D eigenvalue weighted by atomic mass is 10.1. The predicted octanol–water partition coefficient (Wildman–Crippen LogP) is 3.30. The highest BCUT2D eigenvalue weighted by molar-refractivity contribution is 7.89. The van der Waals surface area contributed by atoms with E-state index >= 15 is 0 Å². The molecule has 3 aromatic rings. The first kappa shape index (κ1) is 27.8. The average molecular weight is 582 g/mol. The third-order valence-corrected chi connectivity index (χ3v) is 8.51. The van der Waals surface area contributed by atoms with Crippen molar-refractivity contribution in [2.75, 3.05) is 52.4 Å². The van der Waals surface area contributed by atoms with Gasteiger partial charge in [0, 0.05) is 24.0 Å². The van der Waals surface area contributed by atoms with Crippen molar-refractivity contribution >= 4 is 50.0 Å². The molecule has 1 fully saturated rings. The van der Waals surface area contributed by atoms with Crippen LogP contribution in [0.15, 0.2) is 46.7 Å². The topological polar surface area (TPSA) is 133 Å². The van der Waals surface area contributed by atoms with Gasteiger partial charge in [0.2, 0.25) is 10.0 Å². The van der Waals surface area contributed by atoms with E-state index in [1.54, 1.807) is 30.7 Å². The summed E-state index contributed by atoms with van der Waals surface area (Å²) < 4.78 is 47.9. The Morgan fingerprint density at radius 2 is 1.84 bits per heavy atom. The fourth-order valence-corrected chi connectivity index (χ4v) is 5.95. The molecule has 1 amide bonds. The Bertz CT molecular complexity index is 1440. The Balaban J connectivity index is 1.38. The quantitative estimate of drug-likeness (QED) is 0.378. The summed E-state index contributed by atoms with van der Waals surface area (Å²) in [5.74, 6) is -0.448. The number of halogens is 1. The van der Waals surface area contributed by atoms with E-state index in [1.165, 1.54) is 34.9 Å². The molecule has 0 unspecified atom stereocenters. The molecule has 202 valence electrons. The molecule has 0 radical (unpaired) electrons. The summed E-state index contributed by atoms with van der Waals surface area (Å²) in [6, 6.07) is 9.08. The monoisotopic (exact) mass is 581 g/mol. The van der Waals surface area contributed by atoms with Gasteiger partial charge in [-0.05, 0) is 36.4 Å². The molecular formula is C24H24ClN3O8S2. The van der Waals surface area contributed by atoms with Crippen molar-refractivity contribution in [1.29, 1.82) is 0 Å². The Hall–Kier alpha value is -3.23. The molecule has 1 aliphatic heterocycles. The molecule has 0 bridgehead atoms. The fourth-order valence-electron chi connectivity index (χ4n) is 3.58. The van der Waals surface area contributed by atoms with E-state index < -0.39 is 28.5 Å². The molecule has 1 aliphatic rings. The van der Waals surface area contributed by atoms with Gasteiger partial charge < -0.3 is 18.9 Å². The van der Waals surface area contributed by atoms with E-state index in [2.05, 4.69) is 10.3 Å². The highest BCUT2D eigenvalue weighted by atomic mass is 35.5. The second-order valence-electron chi connectivity index (χ2n) is 7.89. The smallest absolute Gasteiger partial charge is 0.340 e. The van der Waals surface area contributed by atoms with Gasteiger partial charge in [0.05, 0.1) is 48.6 Å². The number of thiazole rings is 1. The number of carbonyl (C=O) groups excluding carboxylic acids is 2. The van der Waals surface area contributed by atoms with Crippen LogP contribution in [0.1, 0.15) is 10.4 Å². The maximum absolute atomic E-state index is 12.9. The van der Waals surface area contributed by atoms with Crippen LogP contribution >= 0.6 is 22.9 Å². The summed E-state index contributed by atoms with van der Waals surface area (Å²) in [7, 11) is -0.780. The van der Waals surface area contributed by atoms with Crippen molar-refractivity contribution < 1.29 is 37.0 Å². The molecule has 0 atom stereocenters. The SMILES string of the molecule is COc1ccc(-c2csc(NC(=O)COC(=O)c3cc(S(=O)(=O)N4CCOCC4)ccc3Cl)n2)cc1OC. The number of hydrogen-bond acceptors (Lipinski definition) is 10. The molecule has 0 aliphatic carbocycles. The van der Waals surface area contributed by atoms with Crippen LogP contribution in [0.25, 0.3) is 11.3 Å². The Morgan fingerprint density at radius 3 is 2.55 bits per heavy atom. The summed E-state index contributed by atoms with van der Waals surface area (Å²) in [5, 5.41) is 4.62. The van der Waals surface area contributed by atoms with Crippen molar-refractivity contribution in [2.24, 2.45) is 0 Å². The Labute approximate surface area is 228 Å². The molecule has 14 heteroatoms. The number of anilines is 1. The van der Waals surface area contributed by atoms with E-state index in [-0.39, 0.29) is 41.8 Å². The van der Waals surface area contributed by atoms with Crippen molar-refractivity contribution in [2.45, 2.75) is 4.90 Å². The molecule has 0 spiro atoms. The standard InChI is InChI=1S/C24H24ClN3O8S2/c1-33-20-6-3-15(11-21(20)34-2)19-14-37-24(26-19)27-22(29)13-36-23(30)17-12-16(4-5-18(17)25)38(31,32)28-7-9-35-10-8-28/h3-6,11-12,14H,7-10,13H2,1-2H3,(H,26,27,29). The van der Waals surface area contributed by atoms with Gasteiger partial charge in [-0.1, -0.05) is 11.6 Å². The molecule has 11 nitrogen and oxygen atoms in total. The molecule has 38 heavy (non-hydrogen) atoms. The van der Waals surface area contributed by atoms with E-state index in [0.29, 0.717) is 22.3 Å². The first-order valence-electron chi connectivity index (χ1n) is 11.2. The number of hydrogen-bond donors (Lipinski definition) is 1. The number of nitrogens with one attached hydrogen (secondary N) is 1. The summed E-state index contributed by atoms with van der Waals surface area (Å²) in [4.78, 5) is 29.3. The number of sulfonamides is 1. The molecular weight excluding hydrogens is 558 g/mol. The number of carbonyl (C=O) groups is 2. The van der Waals surface area contributed by atoms with Gasteiger partial charge in [0.25, 0.3) is 5.91 Å². The second kappa shape index (κ2) is 12.1. The zero-order chi connectivity index (χ0) is 27.3. The number of esters is 1. The first-order chi connectivity index (χ1) is 18.2. The van der Waals surface area contributed by atoms with Gasteiger partial charge in [-0.3, -0.25) is 10.1 Å². The fraction of sp³-hybridized carbons (Fsp3) is 0.292. The van der Waals surface area contributed by atoms with E-state index in [9.17, 15) is 18.0 Å². The van der Waals surface area contributed by atoms with Gasteiger partial charge in [-0.25, -0.2) is 18.2 Å². The highest BCUT2D eigenvalue weighted by Crippen LogP contribution is 2.33. The molecule has 1 saturated heterocycles. The van der Waals surface area contributed by atoms with Crippen molar-refractivity contribution in [1.82, 2.24) is 9.29 Å². The van der Waals surface area contributed by atoms with E-state index in [1.807, 2.05) is 0 Å². The summed E-state index contributed by atoms with van der Waals surface area (Å²) >= 11 is 7.31. The minimum Gasteiger partial charge on any atom is -0.493 e. The maximum atomic E-state index is 12.9. The molecule has 1 N–H and O–H groups in total. The van der Waals surface area contributed by atoms with Crippen LogP contribution < -0.4 is 14.8 Å². The van der Waals surface area contributed by atoms with Crippen LogP contribution in [0, 0.1) is 0 Å². The van der Waals surface area contributed by atoms with Crippen LogP contribution in [0.4, 0.5) is 5.13 Å². The van der Waals surface area contributed by atoms with Crippen LogP contribution in [0.5, 0.6) is 11.5 Å². The van der Waals surface area contributed by atoms with Crippen LogP contribution in [0.2, 0.25) is 5.02 Å². The van der Waals surface area contributed by atoms with E-state index in [4.69, 9.17) is 30.5 Å². The third kappa shape index (κ3) is 6.25. The number of nitrogens with zero attached hydrogens (tertiary/aromatic N) is 2. The number of morpholine rings is 1. The van der Waals surface area contributed by atoms with Gasteiger partial charge in [-0.15, -0.1) is 11.3 Å². The normalized spacial score (nSPS) is 14.1. The van der Waals surface area contributed by atoms with Gasteiger partial charge >= 0.3 is 5.97 Å². The van der Waals surface area contributed by atoms with Crippen LogP contribution in [-0.2, 0) is 24.3 Å². The van der Waals surface area contributed by atoms with Crippen molar-refractivity contribution in [3.8, 4) is 22.8 Å². The third-order valence-electron chi connectivity index (χ3n) is 5.53. The van der Waals surface area contributed by atoms with Gasteiger partial charge in [0.1, 0.15) is 0 Å². The van der Waals surface area contributed by atoms with E-state index in [0.717, 1.165) is 11.6 Å². The van der Waals surface area contributed by atoms with Crippen LogP contribution in [-0.4, -0.2) is 76.7 Å². The Morgan fingerprint density at radius 1 is 1.11 bits per heavy atom.